The molecule has 1 aromatic rings. The molecule has 0 aromatic carbocycles. The van der Waals surface area contributed by atoms with E-state index >= 15 is 0 Å². The van der Waals surface area contributed by atoms with Gasteiger partial charge in [-0.3, -0.25) is 0 Å². The zero-order valence-electron chi connectivity index (χ0n) is 12.7. The summed E-state index contributed by atoms with van der Waals surface area (Å²) in [6.07, 6.45) is 10.4. The summed E-state index contributed by atoms with van der Waals surface area (Å²) in [6, 6.07) is 0.198. The Hall–Kier alpha value is -0.880. The van der Waals surface area contributed by atoms with Gasteiger partial charge in [0.05, 0.1) is 6.20 Å². The standard InChI is InChI=1S/C15H25N3O2S/c1-2-14-16-11-15(17-14)21(19,20)18-10-6-9-13(18)12-7-4-3-5-8-12/h11-13H,2-10H2,1H3,(H,16,17). The molecule has 1 N–H and O–H groups in total. The van der Waals surface area contributed by atoms with Crippen molar-refractivity contribution < 1.29 is 8.42 Å². The van der Waals surface area contributed by atoms with Crippen LogP contribution in [0.2, 0.25) is 0 Å². The molecular formula is C15H25N3O2S. The van der Waals surface area contributed by atoms with Gasteiger partial charge in [0.2, 0.25) is 0 Å². The zero-order chi connectivity index (χ0) is 14.9. The molecule has 3 rings (SSSR count). The maximum Gasteiger partial charge on any atom is 0.260 e. The first-order chi connectivity index (χ1) is 10.1. The van der Waals surface area contributed by atoms with E-state index < -0.39 is 10.0 Å². The van der Waals surface area contributed by atoms with Gasteiger partial charge in [0.15, 0.2) is 5.03 Å². The molecule has 2 heterocycles. The van der Waals surface area contributed by atoms with Crippen LogP contribution in [0.3, 0.4) is 0 Å². The molecular weight excluding hydrogens is 286 g/mol. The summed E-state index contributed by atoms with van der Waals surface area (Å²) in [6.45, 7) is 2.62. The summed E-state index contributed by atoms with van der Waals surface area (Å²) >= 11 is 0. The molecule has 0 radical (unpaired) electrons. The molecule has 1 aliphatic heterocycles. The summed E-state index contributed by atoms with van der Waals surface area (Å²) in [5, 5.41) is 0.266. The Morgan fingerprint density at radius 3 is 2.67 bits per heavy atom. The molecule has 21 heavy (non-hydrogen) atoms. The van der Waals surface area contributed by atoms with Crippen LogP contribution in [0.5, 0.6) is 0 Å². The normalized spacial score (nSPS) is 25.5. The highest BCUT2D eigenvalue weighted by atomic mass is 32.2. The minimum atomic E-state index is -3.41. The third kappa shape index (κ3) is 2.88. The lowest BCUT2D eigenvalue weighted by molar-refractivity contribution is 0.226. The van der Waals surface area contributed by atoms with Crippen molar-refractivity contribution in [2.45, 2.75) is 69.4 Å². The Bertz CT molecular complexity index is 575. The third-order valence-electron chi connectivity index (χ3n) is 4.97. The van der Waals surface area contributed by atoms with Gasteiger partial charge >= 0.3 is 0 Å². The summed E-state index contributed by atoms with van der Waals surface area (Å²) in [5.41, 5.74) is 0. The van der Waals surface area contributed by atoms with Crippen molar-refractivity contribution >= 4 is 10.0 Å². The SMILES string of the molecule is CCc1ncc(S(=O)(=O)N2CCCC2C2CCCCC2)[nH]1. The highest BCUT2D eigenvalue weighted by Gasteiger charge is 2.40. The van der Waals surface area contributed by atoms with E-state index in [1.54, 1.807) is 4.31 Å². The number of hydrogen-bond acceptors (Lipinski definition) is 3. The van der Waals surface area contributed by atoms with Gasteiger partial charge < -0.3 is 4.98 Å². The minimum absolute atomic E-state index is 0.198. The molecule has 2 aliphatic rings. The molecule has 1 unspecified atom stereocenters. The van der Waals surface area contributed by atoms with Gasteiger partial charge in [-0.15, -0.1) is 0 Å². The number of H-pyrrole nitrogens is 1. The molecule has 1 saturated heterocycles. The first-order valence-corrected chi connectivity index (χ1v) is 9.62. The van der Waals surface area contributed by atoms with Crippen molar-refractivity contribution in [3.63, 3.8) is 0 Å². The zero-order valence-corrected chi connectivity index (χ0v) is 13.5. The average molecular weight is 311 g/mol. The van der Waals surface area contributed by atoms with Crippen LogP contribution in [0.15, 0.2) is 11.2 Å². The molecule has 1 aliphatic carbocycles. The number of hydrogen-bond donors (Lipinski definition) is 1. The van der Waals surface area contributed by atoms with E-state index in [2.05, 4.69) is 9.97 Å². The maximum atomic E-state index is 12.9. The van der Waals surface area contributed by atoms with Crippen LogP contribution in [-0.4, -0.2) is 35.3 Å². The first kappa shape index (κ1) is 15.0. The highest BCUT2D eigenvalue weighted by Crippen LogP contribution is 2.36. The first-order valence-electron chi connectivity index (χ1n) is 8.18. The van der Waals surface area contributed by atoms with E-state index in [1.807, 2.05) is 6.92 Å². The fourth-order valence-corrected chi connectivity index (χ4v) is 5.52. The molecule has 5 nitrogen and oxygen atoms in total. The number of rotatable bonds is 4. The van der Waals surface area contributed by atoms with Gasteiger partial charge in [-0.2, -0.15) is 4.31 Å². The van der Waals surface area contributed by atoms with Crippen molar-refractivity contribution in [1.82, 2.24) is 14.3 Å². The van der Waals surface area contributed by atoms with Crippen LogP contribution < -0.4 is 0 Å². The molecule has 1 aromatic heterocycles. The van der Waals surface area contributed by atoms with Crippen LogP contribution in [0.25, 0.3) is 0 Å². The second kappa shape index (κ2) is 6.08. The number of nitrogens with zero attached hydrogens (tertiary/aromatic N) is 2. The number of nitrogens with one attached hydrogen (secondary N) is 1. The average Bonchev–Trinajstić information content (AvgIpc) is 3.17. The van der Waals surface area contributed by atoms with Crippen LogP contribution >= 0.6 is 0 Å². The number of aryl methyl sites for hydroxylation is 1. The van der Waals surface area contributed by atoms with E-state index in [-0.39, 0.29) is 11.1 Å². The van der Waals surface area contributed by atoms with Gasteiger partial charge in [0, 0.05) is 19.0 Å². The van der Waals surface area contributed by atoms with E-state index in [9.17, 15) is 8.42 Å². The second-order valence-electron chi connectivity index (χ2n) is 6.27. The smallest absolute Gasteiger partial charge is 0.260 e. The Kier molecular flexibility index (Phi) is 4.36. The van der Waals surface area contributed by atoms with Crippen molar-refractivity contribution in [3.05, 3.63) is 12.0 Å². The lowest BCUT2D eigenvalue weighted by Gasteiger charge is -2.33. The van der Waals surface area contributed by atoms with Crippen LogP contribution in [-0.2, 0) is 16.4 Å². The number of aromatic amines is 1. The van der Waals surface area contributed by atoms with Crippen molar-refractivity contribution in [1.29, 1.82) is 0 Å². The van der Waals surface area contributed by atoms with Crippen LogP contribution in [0.1, 0.15) is 57.7 Å². The Morgan fingerprint density at radius 1 is 1.24 bits per heavy atom. The predicted octanol–water partition coefficient (Wildman–Crippen LogP) is 2.71. The lowest BCUT2D eigenvalue weighted by Crippen LogP contribution is -2.40. The molecule has 2 fully saturated rings. The largest absolute Gasteiger partial charge is 0.332 e. The van der Waals surface area contributed by atoms with E-state index in [0.29, 0.717) is 12.5 Å². The molecule has 1 saturated carbocycles. The Labute approximate surface area is 127 Å². The maximum absolute atomic E-state index is 12.9. The fourth-order valence-electron chi connectivity index (χ4n) is 3.83. The highest BCUT2D eigenvalue weighted by molar-refractivity contribution is 7.89. The van der Waals surface area contributed by atoms with Gasteiger partial charge in [0.1, 0.15) is 5.82 Å². The molecule has 6 heteroatoms. The van der Waals surface area contributed by atoms with Gasteiger partial charge in [-0.05, 0) is 31.6 Å². The van der Waals surface area contributed by atoms with Crippen molar-refractivity contribution in [3.8, 4) is 0 Å². The molecule has 0 amide bonds. The molecule has 0 spiro atoms. The van der Waals surface area contributed by atoms with E-state index in [0.717, 1.165) is 25.1 Å². The number of imidazole rings is 1. The van der Waals surface area contributed by atoms with Crippen molar-refractivity contribution in [2.24, 2.45) is 5.92 Å². The van der Waals surface area contributed by atoms with Gasteiger partial charge in [-0.25, -0.2) is 13.4 Å². The summed E-state index contributed by atoms with van der Waals surface area (Å²) in [4.78, 5) is 7.11. The van der Waals surface area contributed by atoms with Crippen LogP contribution in [0, 0.1) is 5.92 Å². The molecule has 118 valence electrons. The summed E-state index contributed by atoms with van der Waals surface area (Å²) in [7, 11) is -3.41. The second-order valence-corrected chi connectivity index (χ2v) is 8.13. The quantitative estimate of drug-likeness (QED) is 0.929. The summed E-state index contributed by atoms with van der Waals surface area (Å²) in [5.74, 6) is 1.28. The number of sulfonamides is 1. The minimum Gasteiger partial charge on any atom is -0.332 e. The van der Waals surface area contributed by atoms with Crippen LogP contribution in [0.4, 0.5) is 0 Å². The van der Waals surface area contributed by atoms with Gasteiger partial charge in [0.25, 0.3) is 10.0 Å². The third-order valence-corrected chi connectivity index (χ3v) is 6.80. The Morgan fingerprint density at radius 2 is 2.00 bits per heavy atom. The monoisotopic (exact) mass is 311 g/mol. The van der Waals surface area contributed by atoms with Crippen molar-refractivity contribution in [2.75, 3.05) is 6.54 Å². The fraction of sp³-hybridized carbons (Fsp3) is 0.800. The van der Waals surface area contributed by atoms with E-state index in [1.165, 1.54) is 38.3 Å². The number of aromatic nitrogens is 2. The Balaban J connectivity index is 1.82. The molecule has 0 bridgehead atoms. The summed E-state index contributed by atoms with van der Waals surface area (Å²) < 4.78 is 27.5. The lowest BCUT2D eigenvalue weighted by atomic mass is 9.83. The van der Waals surface area contributed by atoms with E-state index in [4.69, 9.17) is 0 Å². The van der Waals surface area contributed by atoms with Gasteiger partial charge in [-0.1, -0.05) is 26.2 Å². The predicted molar refractivity (Wildman–Crippen MR) is 81.5 cm³/mol. The molecule has 1 atom stereocenters. The topological polar surface area (TPSA) is 66.1 Å².